The Morgan fingerprint density at radius 1 is 1.18 bits per heavy atom. The zero-order chi connectivity index (χ0) is 12.3. The quantitative estimate of drug-likeness (QED) is 0.835. The number of benzene rings is 1. The Hall–Kier alpha value is -1.35. The highest BCUT2D eigenvalue weighted by molar-refractivity contribution is 5.92. The second kappa shape index (κ2) is 5.32. The van der Waals surface area contributed by atoms with Gasteiger partial charge in [0, 0.05) is 11.6 Å². The van der Waals surface area contributed by atoms with E-state index in [1.165, 1.54) is 24.8 Å². The second-order valence-corrected chi connectivity index (χ2v) is 4.97. The molecule has 2 rings (SSSR count). The summed E-state index contributed by atoms with van der Waals surface area (Å²) in [6.45, 7) is 0. The highest BCUT2D eigenvalue weighted by Gasteiger charge is 2.21. The minimum absolute atomic E-state index is 0.333. The molecule has 1 fully saturated rings. The molecular formula is C14H20N2O. The van der Waals surface area contributed by atoms with Gasteiger partial charge in [-0.15, -0.1) is 0 Å². The molecular weight excluding hydrogens is 212 g/mol. The maximum Gasteiger partial charge on any atom is 0.248 e. The third-order valence-corrected chi connectivity index (χ3v) is 3.70. The molecule has 1 aromatic rings. The summed E-state index contributed by atoms with van der Waals surface area (Å²) in [6.07, 6.45) is 5.93. The van der Waals surface area contributed by atoms with Crippen molar-refractivity contribution in [3.05, 3.63) is 35.4 Å². The van der Waals surface area contributed by atoms with Gasteiger partial charge in [-0.25, -0.2) is 0 Å². The van der Waals surface area contributed by atoms with Crippen LogP contribution in [-0.4, -0.2) is 11.9 Å². The summed E-state index contributed by atoms with van der Waals surface area (Å²) in [6, 6.07) is 7.90. The molecule has 3 nitrogen and oxygen atoms in total. The molecule has 17 heavy (non-hydrogen) atoms. The van der Waals surface area contributed by atoms with Gasteiger partial charge in [0.05, 0.1) is 0 Å². The van der Waals surface area contributed by atoms with E-state index in [0.717, 1.165) is 12.8 Å². The van der Waals surface area contributed by atoms with Gasteiger partial charge >= 0.3 is 0 Å². The van der Waals surface area contributed by atoms with Crippen LogP contribution in [0.5, 0.6) is 0 Å². The molecule has 0 saturated heterocycles. The Balaban J connectivity index is 2.00. The van der Waals surface area contributed by atoms with E-state index in [2.05, 4.69) is 0 Å². The Kier molecular flexibility index (Phi) is 3.79. The van der Waals surface area contributed by atoms with Crippen LogP contribution in [-0.2, 0) is 6.42 Å². The molecule has 3 heteroatoms. The molecule has 2 unspecified atom stereocenters. The van der Waals surface area contributed by atoms with Crippen LogP contribution in [0.1, 0.15) is 41.6 Å². The molecule has 0 aromatic heterocycles. The van der Waals surface area contributed by atoms with Crippen LogP contribution in [0.25, 0.3) is 0 Å². The van der Waals surface area contributed by atoms with Gasteiger partial charge in [-0.3, -0.25) is 4.79 Å². The molecule has 2 atom stereocenters. The molecule has 0 aliphatic heterocycles. The van der Waals surface area contributed by atoms with Crippen LogP contribution >= 0.6 is 0 Å². The molecule has 0 bridgehead atoms. The van der Waals surface area contributed by atoms with Gasteiger partial charge in [0.2, 0.25) is 5.91 Å². The summed E-state index contributed by atoms with van der Waals surface area (Å²) in [7, 11) is 0. The molecule has 92 valence electrons. The number of nitrogens with two attached hydrogens (primary N) is 2. The summed E-state index contributed by atoms with van der Waals surface area (Å²) in [5.41, 5.74) is 13.2. The molecule has 0 spiro atoms. The van der Waals surface area contributed by atoms with Crippen molar-refractivity contribution in [2.24, 2.45) is 17.4 Å². The fourth-order valence-corrected chi connectivity index (χ4v) is 2.60. The van der Waals surface area contributed by atoms with Gasteiger partial charge in [0.1, 0.15) is 0 Å². The Labute approximate surface area is 102 Å². The first-order chi connectivity index (χ1) is 8.16. The van der Waals surface area contributed by atoms with Crippen LogP contribution < -0.4 is 11.5 Å². The van der Waals surface area contributed by atoms with E-state index in [1.54, 1.807) is 12.1 Å². The number of rotatable bonds is 3. The lowest BCUT2D eigenvalue weighted by Crippen LogP contribution is -2.34. The van der Waals surface area contributed by atoms with E-state index in [1.807, 2.05) is 12.1 Å². The first-order valence-corrected chi connectivity index (χ1v) is 6.31. The van der Waals surface area contributed by atoms with E-state index in [4.69, 9.17) is 11.5 Å². The van der Waals surface area contributed by atoms with Crippen molar-refractivity contribution in [2.75, 3.05) is 0 Å². The van der Waals surface area contributed by atoms with E-state index >= 15 is 0 Å². The number of carbonyl (C=O) groups is 1. The summed E-state index contributed by atoms with van der Waals surface area (Å²) in [5, 5.41) is 0. The largest absolute Gasteiger partial charge is 0.366 e. The predicted octanol–water partition coefficient (Wildman–Crippen LogP) is 1.85. The van der Waals surface area contributed by atoms with E-state index < -0.39 is 0 Å². The lowest BCUT2D eigenvalue weighted by molar-refractivity contribution is 0.100. The summed E-state index contributed by atoms with van der Waals surface area (Å²) < 4.78 is 0. The number of primary amides is 1. The first-order valence-electron chi connectivity index (χ1n) is 6.31. The van der Waals surface area contributed by atoms with Crippen molar-refractivity contribution in [1.82, 2.24) is 0 Å². The Bertz CT molecular complexity index is 386. The fraction of sp³-hybridized carbons (Fsp3) is 0.500. The standard InChI is InChI=1S/C14H20N2O/c15-13-4-2-1-3-12(13)9-10-5-7-11(8-6-10)14(16)17/h5-8,12-13H,1-4,9,15H2,(H2,16,17). The van der Waals surface area contributed by atoms with Crippen LogP contribution in [0.4, 0.5) is 0 Å². The molecule has 1 aliphatic carbocycles. The van der Waals surface area contributed by atoms with Gasteiger partial charge in [-0.05, 0) is 42.9 Å². The van der Waals surface area contributed by atoms with Gasteiger partial charge in [0.25, 0.3) is 0 Å². The van der Waals surface area contributed by atoms with E-state index in [-0.39, 0.29) is 5.91 Å². The third-order valence-electron chi connectivity index (χ3n) is 3.70. The molecule has 1 saturated carbocycles. The van der Waals surface area contributed by atoms with Crippen molar-refractivity contribution >= 4 is 5.91 Å². The molecule has 4 N–H and O–H groups in total. The normalized spacial score (nSPS) is 24.5. The summed E-state index contributed by atoms with van der Waals surface area (Å²) in [5.74, 6) is 0.217. The monoisotopic (exact) mass is 232 g/mol. The minimum atomic E-state index is -0.370. The van der Waals surface area contributed by atoms with Crippen LogP contribution in [0.15, 0.2) is 24.3 Å². The van der Waals surface area contributed by atoms with Crippen molar-refractivity contribution in [3.63, 3.8) is 0 Å². The van der Waals surface area contributed by atoms with Crippen molar-refractivity contribution < 1.29 is 4.79 Å². The highest BCUT2D eigenvalue weighted by Crippen LogP contribution is 2.26. The maximum atomic E-state index is 11.0. The first kappa shape index (κ1) is 12.1. The molecule has 1 aromatic carbocycles. The van der Waals surface area contributed by atoms with E-state index in [0.29, 0.717) is 17.5 Å². The van der Waals surface area contributed by atoms with Gasteiger partial charge in [-0.2, -0.15) is 0 Å². The van der Waals surface area contributed by atoms with Crippen molar-refractivity contribution in [2.45, 2.75) is 38.1 Å². The molecule has 1 amide bonds. The minimum Gasteiger partial charge on any atom is -0.366 e. The lowest BCUT2D eigenvalue weighted by atomic mass is 9.81. The molecule has 0 radical (unpaired) electrons. The summed E-state index contributed by atoms with van der Waals surface area (Å²) >= 11 is 0. The summed E-state index contributed by atoms with van der Waals surface area (Å²) in [4.78, 5) is 11.0. The van der Waals surface area contributed by atoms with Crippen LogP contribution in [0, 0.1) is 5.92 Å². The van der Waals surface area contributed by atoms with Gasteiger partial charge in [0.15, 0.2) is 0 Å². The predicted molar refractivity (Wildman–Crippen MR) is 68.6 cm³/mol. The van der Waals surface area contributed by atoms with Gasteiger partial charge < -0.3 is 11.5 Å². The fourth-order valence-electron chi connectivity index (χ4n) is 2.60. The van der Waals surface area contributed by atoms with Crippen LogP contribution in [0.2, 0.25) is 0 Å². The molecule has 1 aliphatic rings. The Morgan fingerprint density at radius 3 is 2.41 bits per heavy atom. The van der Waals surface area contributed by atoms with Gasteiger partial charge in [-0.1, -0.05) is 25.0 Å². The zero-order valence-corrected chi connectivity index (χ0v) is 10.1. The Morgan fingerprint density at radius 2 is 1.82 bits per heavy atom. The van der Waals surface area contributed by atoms with Crippen molar-refractivity contribution in [3.8, 4) is 0 Å². The number of amides is 1. The maximum absolute atomic E-state index is 11.0. The topological polar surface area (TPSA) is 69.1 Å². The average Bonchev–Trinajstić information content (AvgIpc) is 2.33. The van der Waals surface area contributed by atoms with Crippen molar-refractivity contribution in [1.29, 1.82) is 0 Å². The SMILES string of the molecule is NC(=O)c1ccc(CC2CCCCC2N)cc1. The molecule has 0 heterocycles. The van der Waals surface area contributed by atoms with Crippen LogP contribution in [0.3, 0.4) is 0 Å². The van der Waals surface area contributed by atoms with E-state index in [9.17, 15) is 4.79 Å². The lowest BCUT2D eigenvalue weighted by Gasteiger charge is -2.28. The smallest absolute Gasteiger partial charge is 0.248 e. The second-order valence-electron chi connectivity index (χ2n) is 4.97. The highest BCUT2D eigenvalue weighted by atomic mass is 16.1. The number of hydrogen-bond donors (Lipinski definition) is 2. The number of carbonyl (C=O) groups excluding carboxylic acids is 1. The number of hydrogen-bond acceptors (Lipinski definition) is 2. The average molecular weight is 232 g/mol. The third kappa shape index (κ3) is 3.07. The zero-order valence-electron chi connectivity index (χ0n) is 10.1.